The van der Waals surface area contributed by atoms with E-state index in [1.54, 1.807) is 0 Å². The molecule has 3 rings (SSSR count). The predicted molar refractivity (Wildman–Crippen MR) is 110 cm³/mol. The normalized spacial score (nSPS) is 14.1. The average molecular weight is 486 g/mol. The van der Waals surface area contributed by atoms with Crippen LogP contribution in [0.1, 0.15) is 22.3 Å². The summed E-state index contributed by atoms with van der Waals surface area (Å²) in [6.07, 6.45) is -4.82. The minimum absolute atomic E-state index is 0.0130. The van der Waals surface area contributed by atoms with Crippen LogP contribution in [-0.4, -0.2) is 59.3 Å². The van der Waals surface area contributed by atoms with Crippen molar-refractivity contribution in [2.24, 2.45) is 0 Å². The first kappa shape index (κ1) is 24.9. The molecule has 1 heterocycles. The molecule has 1 saturated heterocycles. The number of alkyl halides is 3. The lowest BCUT2D eigenvalue weighted by atomic mass is 10.1. The molecule has 1 N–H and O–H groups in total. The molecule has 0 unspecified atom stereocenters. The van der Waals surface area contributed by atoms with E-state index in [0.717, 1.165) is 18.2 Å². The highest BCUT2D eigenvalue weighted by Gasteiger charge is 2.33. The number of nitrogens with one attached hydrogen (secondary N) is 1. The van der Waals surface area contributed by atoms with E-state index in [-0.39, 0.29) is 56.3 Å². The lowest BCUT2D eigenvalue weighted by Crippen LogP contribution is -2.50. The number of amides is 2. The number of halogens is 5. The Morgan fingerprint density at radius 1 is 0.971 bits per heavy atom. The summed E-state index contributed by atoms with van der Waals surface area (Å²) in [5, 5.41) is 13.7. The summed E-state index contributed by atoms with van der Waals surface area (Å²) in [6, 6.07) is 4.91. The molecule has 2 aromatic carbocycles. The van der Waals surface area contributed by atoms with Gasteiger partial charge in [-0.1, -0.05) is 0 Å². The lowest BCUT2D eigenvalue weighted by molar-refractivity contribution is -0.384. The number of benzene rings is 2. The summed E-state index contributed by atoms with van der Waals surface area (Å²) < 4.78 is 64.8. The Morgan fingerprint density at radius 2 is 1.62 bits per heavy atom. The topological polar surface area (TPSA) is 95.8 Å². The molecule has 1 aliphatic heterocycles. The smallest absolute Gasteiger partial charge is 0.379 e. The van der Waals surface area contributed by atoms with Gasteiger partial charge in [-0.25, -0.2) is 8.78 Å². The van der Waals surface area contributed by atoms with Gasteiger partial charge in [0.15, 0.2) is 11.6 Å². The Morgan fingerprint density at radius 3 is 2.21 bits per heavy atom. The van der Waals surface area contributed by atoms with Gasteiger partial charge in [-0.3, -0.25) is 19.7 Å². The maximum atomic E-state index is 13.4. The summed E-state index contributed by atoms with van der Waals surface area (Å²) in [5.74, 6) is -3.02. The maximum absolute atomic E-state index is 13.4. The molecule has 0 aliphatic carbocycles. The van der Waals surface area contributed by atoms with Crippen molar-refractivity contribution in [3.05, 3.63) is 69.3 Å². The third-order valence-corrected chi connectivity index (χ3v) is 5.26. The van der Waals surface area contributed by atoms with Crippen LogP contribution in [0.15, 0.2) is 36.4 Å². The molecule has 13 heteroatoms. The Labute approximate surface area is 190 Å². The van der Waals surface area contributed by atoms with Crippen LogP contribution >= 0.6 is 0 Å². The van der Waals surface area contributed by atoms with Gasteiger partial charge in [-0.05, 0) is 30.3 Å². The van der Waals surface area contributed by atoms with E-state index in [0.29, 0.717) is 12.1 Å². The second-order valence-electron chi connectivity index (χ2n) is 7.47. The molecule has 0 atom stereocenters. The number of nitro benzene ring substituents is 1. The van der Waals surface area contributed by atoms with Crippen molar-refractivity contribution in [1.29, 1.82) is 0 Å². The molecule has 182 valence electrons. The molecule has 1 fully saturated rings. The standard InChI is InChI=1S/C21H19F5N4O4/c22-15-3-1-13(11-16(15)23)20(32)29-9-7-28(8-10-29)19(31)5-6-27-17-4-2-14(21(24,25)26)12-18(17)30(33)34/h1-4,11-12,27H,5-10H2. The number of hydrogen-bond acceptors (Lipinski definition) is 5. The molecule has 2 amide bonds. The van der Waals surface area contributed by atoms with Crippen molar-refractivity contribution in [3.8, 4) is 0 Å². The zero-order valence-corrected chi connectivity index (χ0v) is 17.6. The minimum Gasteiger partial charge on any atom is -0.379 e. The first-order valence-electron chi connectivity index (χ1n) is 10.1. The number of hydrogen-bond donors (Lipinski definition) is 1. The zero-order valence-electron chi connectivity index (χ0n) is 17.6. The Hall–Kier alpha value is -3.77. The van der Waals surface area contributed by atoms with Gasteiger partial charge in [-0.15, -0.1) is 0 Å². The summed E-state index contributed by atoms with van der Waals surface area (Å²) >= 11 is 0. The molecule has 1 aliphatic rings. The Kier molecular flexibility index (Phi) is 7.32. The largest absolute Gasteiger partial charge is 0.416 e. The second-order valence-corrected chi connectivity index (χ2v) is 7.47. The van der Waals surface area contributed by atoms with Gasteiger partial charge < -0.3 is 15.1 Å². The molecular weight excluding hydrogens is 467 g/mol. The van der Waals surface area contributed by atoms with Crippen molar-refractivity contribution in [2.75, 3.05) is 38.0 Å². The van der Waals surface area contributed by atoms with Gasteiger partial charge in [0, 0.05) is 50.8 Å². The SMILES string of the molecule is O=C(CCNc1ccc(C(F)(F)F)cc1[N+](=O)[O-])N1CCN(C(=O)c2ccc(F)c(F)c2)CC1. The maximum Gasteiger partial charge on any atom is 0.416 e. The van der Waals surface area contributed by atoms with Crippen LogP contribution in [0.25, 0.3) is 0 Å². The van der Waals surface area contributed by atoms with E-state index in [4.69, 9.17) is 0 Å². The molecule has 34 heavy (non-hydrogen) atoms. The third kappa shape index (κ3) is 5.77. The van der Waals surface area contributed by atoms with E-state index in [2.05, 4.69) is 5.32 Å². The summed E-state index contributed by atoms with van der Waals surface area (Å²) in [6.45, 7) is 0.658. The number of anilines is 1. The van der Waals surface area contributed by atoms with E-state index in [1.807, 2.05) is 0 Å². The van der Waals surface area contributed by atoms with Crippen molar-refractivity contribution in [1.82, 2.24) is 9.80 Å². The highest BCUT2D eigenvalue weighted by atomic mass is 19.4. The number of piperazine rings is 1. The number of carbonyl (C=O) groups excluding carboxylic acids is 2. The van der Waals surface area contributed by atoms with E-state index >= 15 is 0 Å². The number of nitro groups is 1. The summed E-state index contributed by atoms with van der Waals surface area (Å²) in [5.41, 5.74) is -2.07. The van der Waals surface area contributed by atoms with Crippen LogP contribution in [0.5, 0.6) is 0 Å². The number of carbonyl (C=O) groups is 2. The number of nitrogens with zero attached hydrogens (tertiary/aromatic N) is 3. The molecule has 0 saturated carbocycles. The van der Waals surface area contributed by atoms with E-state index in [9.17, 15) is 41.7 Å². The highest BCUT2D eigenvalue weighted by molar-refractivity contribution is 5.94. The molecule has 2 aromatic rings. The van der Waals surface area contributed by atoms with Crippen LogP contribution in [0, 0.1) is 21.7 Å². The molecule has 0 bridgehead atoms. The fourth-order valence-corrected chi connectivity index (χ4v) is 3.44. The van der Waals surface area contributed by atoms with Gasteiger partial charge in [0.2, 0.25) is 5.91 Å². The molecule has 8 nitrogen and oxygen atoms in total. The average Bonchev–Trinajstić information content (AvgIpc) is 2.79. The van der Waals surface area contributed by atoms with Crippen molar-refractivity contribution >= 4 is 23.2 Å². The lowest BCUT2D eigenvalue weighted by Gasteiger charge is -2.35. The van der Waals surface area contributed by atoms with Crippen molar-refractivity contribution < 1.29 is 36.5 Å². The van der Waals surface area contributed by atoms with E-state index in [1.165, 1.54) is 15.9 Å². The summed E-state index contributed by atoms with van der Waals surface area (Å²) in [4.78, 5) is 37.9. The first-order chi connectivity index (χ1) is 16.0. The fourth-order valence-electron chi connectivity index (χ4n) is 3.44. The molecule has 0 aromatic heterocycles. The Bertz CT molecular complexity index is 1100. The summed E-state index contributed by atoms with van der Waals surface area (Å²) in [7, 11) is 0. The van der Waals surface area contributed by atoms with Crippen LogP contribution < -0.4 is 5.32 Å². The van der Waals surface area contributed by atoms with Crippen LogP contribution in [0.4, 0.5) is 33.3 Å². The van der Waals surface area contributed by atoms with Gasteiger partial charge >= 0.3 is 6.18 Å². The van der Waals surface area contributed by atoms with E-state index < -0.39 is 39.9 Å². The van der Waals surface area contributed by atoms with Crippen LogP contribution in [0.2, 0.25) is 0 Å². The van der Waals surface area contributed by atoms with Gasteiger partial charge in [0.05, 0.1) is 10.5 Å². The third-order valence-electron chi connectivity index (χ3n) is 5.26. The molecule has 0 radical (unpaired) electrons. The number of rotatable bonds is 6. The first-order valence-corrected chi connectivity index (χ1v) is 10.1. The second kappa shape index (κ2) is 10.0. The van der Waals surface area contributed by atoms with Gasteiger partial charge in [0.25, 0.3) is 11.6 Å². The fraction of sp³-hybridized carbons (Fsp3) is 0.333. The highest BCUT2D eigenvalue weighted by Crippen LogP contribution is 2.34. The van der Waals surface area contributed by atoms with Gasteiger partial charge in [-0.2, -0.15) is 13.2 Å². The van der Waals surface area contributed by atoms with Gasteiger partial charge in [0.1, 0.15) is 5.69 Å². The minimum atomic E-state index is -4.73. The zero-order chi connectivity index (χ0) is 25.0. The monoisotopic (exact) mass is 486 g/mol. The predicted octanol–water partition coefficient (Wildman–Crippen LogP) is 3.68. The van der Waals surface area contributed by atoms with Crippen molar-refractivity contribution in [3.63, 3.8) is 0 Å². The van der Waals surface area contributed by atoms with Crippen LogP contribution in [0.3, 0.4) is 0 Å². The molecule has 0 spiro atoms. The van der Waals surface area contributed by atoms with Crippen molar-refractivity contribution in [2.45, 2.75) is 12.6 Å². The Balaban J connectivity index is 1.52. The van der Waals surface area contributed by atoms with Crippen LogP contribution in [-0.2, 0) is 11.0 Å². The molecular formula is C21H19F5N4O4. The quantitative estimate of drug-likeness (QED) is 0.382.